The van der Waals surface area contributed by atoms with Crippen LogP contribution in [-0.2, 0) is 19.4 Å². The summed E-state index contributed by atoms with van der Waals surface area (Å²) in [4.78, 5) is 9.60. The Labute approximate surface area is 118 Å². The minimum absolute atomic E-state index is 0.593. The van der Waals surface area contributed by atoms with Crippen LogP contribution in [0.5, 0.6) is 0 Å². The van der Waals surface area contributed by atoms with Gasteiger partial charge in [0.1, 0.15) is 5.82 Å². The molecule has 0 saturated heterocycles. The van der Waals surface area contributed by atoms with E-state index in [-0.39, 0.29) is 0 Å². The molecule has 19 heavy (non-hydrogen) atoms. The molecule has 1 N–H and O–H groups in total. The van der Waals surface area contributed by atoms with E-state index in [0.717, 1.165) is 37.4 Å². The van der Waals surface area contributed by atoms with E-state index in [2.05, 4.69) is 36.0 Å². The first-order chi connectivity index (χ1) is 9.24. The molecule has 3 rings (SSSR count). The van der Waals surface area contributed by atoms with Crippen LogP contribution in [0.2, 0.25) is 0 Å². The number of fused-ring (bicyclic) bond motifs is 1. The quantitative estimate of drug-likeness (QED) is 0.934. The molecule has 2 aromatic rings. The molecule has 1 aliphatic rings. The summed E-state index contributed by atoms with van der Waals surface area (Å²) < 4.78 is 0. The fraction of sp³-hybridized carbons (Fsp3) is 0.467. The van der Waals surface area contributed by atoms with Crippen molar-refractivity contribution in [2.75, 3.05) is 6.54 Å². The number of nitrogens with one attached hydrogen (secondary N) is 1. The second-order valence-electron chi connectivity index (χ2n) is 5.45. The number of hydrogen-bond donors (Lipinski definition) is 1. The largest absolute Gasteiger partial charge is 0.312 e. The Morgan fingerprint density at radius 3 is 3.00 bits per heavy atom. The van der Waals surface area contributed by atoms with Gasteiger partial charge in [-0.3, -0.25) is 0 Å². The first-order valence-corrected chi connectivity index (χ1v) is 7.80. The maximum absolute atomic E-state index is 4.82. The Balaban J connectivity index is 2.09. The van der Waals surface area contributed by atoms with Crippen molar-refractivity contribution >= 4 is 11.3 Å². The molecule has 3 heterocycles. The lowest BCUT2D eigenvalue weighted by Gasteiger charge is -2.20. The van der Waals surface area contributed by atoms with E-state index in [0.29, 0.717) is 5.92 Å². The zero-order chi connectivity index (χ0) is 13.2. The summed E-state index contributed by atoms with van der Waals surface area (Å²) >= 11 is 1.72. The highest BCUT2D eigenvalue weighted by atomic mass is 32.1. The number of aromatic nitrogens is 2. The summed E-state index contributed by atoms with van der Waals surface area (Å²) in [6.07, 6.45) is 1.97. The van der Waals surface area contributed by atoms with E-state index >= 15 is 0 Å². The van der Waals surface area contributed by atoms with Gasteiger partial charge in [-0.2, -0.15) is 11.3 Å². The third-order valence-corrected chi connectivity index (χ3v) is 4.05. The molecule has 0 radical (unpaired) electrons. The first kappa shape index (κ1) is 12.8. The van der Waals surface area contributed by atoms with Crippen LogP contribution in [-0.4, -0.2) is 16.5 Å². The van der Waals surface area contributed by atoms with Crippen molar-refractivity contribution in [3.05, 3.63) is 33.9 Å². The van der Waals surface area contributed by atoms with E-state index in [1.807, 2.05) is 0 Å². The number of thiophene rings is 1. The summed E-state index contributed by atoms with van der Waals surface area (Å²) in [5.41, 5.74) is 4.90. The van der Waals surface area contributed by atoms with Gasteiger partial charge in [0, 0.05) is 42.4 Å². The van der Waals surface area contributed by atoms with Crippen molar-refractivity contribution in [3.8, 4) is 11.3 Å². The topological polar surface area (TPSA) is 37.8 Å². The molecule has 1 aliphatic heterocycles. The zero-order valence-electron chi connectivity index (χ0n) is 11.4. The summed E-state index contributed by atoms with van der Waals surface area (Å²) in [6.45, 7) is 6.35. The van der Waals surface area contributed by atoms with Gasteiger partial charge < -0.3 is 5.32 Å². The monoisotopic (exact) mass is 273 g/mol. The minimum Gasteiger partial charge on any atom is -0.312 e. The molecule has 3 nitrogen and oxygen atoms in total. The molecule has 0 fully saturated rings. The lowest BCUT2D eigenvalue weighted by molar-refractivity contribution is 0.593. The van der Waals surface area contributed by atoms with Crippen LogP contribution in [0.15, 0.2) is 16.8 Å². The Morgan fingerprint density at radius 2 is 2.26 bits per heavy atom. The highest BCUT2D eigenvalue weighted by molar-refractivity contribution is 7.08. The lowest BCUT2D eigenvalue weighted by Crippen LogP contribution is -2.26. The van der Waals surface area contributed by atoms with Crippen molar-refractivity contribution in [1.82, 2.24) is 15.3 Å². The normalized spacial score (nSPS) is 14.7. The molecule has 4 heteroatoms. The van der Waals surface area contributed by atoms with Crippen LogP contribution >= 0.6 is 11.3 Å². The fourth-order valence-corrected chi connectivity index (χ4v) is 3.13. The molecule has 0 amide bonds. The van der Waals surface area contributed by atoms with Crippen LogP contribution in [0.1, 0.15) is 30.9 Å². The predicted molar refractivity (Wildman–Crippen MR) is 79.3 cm³/mol. The van der Waals surface area contributed by atoms with Crippen molar-refractivity contribution in [2.24, 2.45) is 5.92 Å². The molecule has 0 aliphatic carbocycles. The van der Waals surface area contributed by atoms with Gasteiger partial charge in [-0.15, -0.1) is 0 Å². The van der Waals surface area contributed by atoms with Crippen molar-refractivity contribution in [1.29, 1.82) is 0 Å². The highest BCUT2D eigenvalue weighted by Gasteiger charge is 2.19. The molecule has 0 bridgehead atoms. The molecular weight excluding hydrogens is 254 g/mol. The minimum atomic E-state index is 0.593. The van der Waals surface area contributed by atoms with Gasteiger partial charge in [0.05, 0.1) is 11.4 Å². The molecule has 0 atom stereocenters. The third kappa shape index (κ3) is 2.69. The first-order valence-electron chi connectivity index (χ1n) is 6.86. The zero-order valence-corrected chi connectivity index (χ0v) is 12.3. The van der Waals surface area contributed by atoms with Crippen molar-refractivity contribution in [3.63, 3.8) is 0 Å². The molecule has 2 aromatic heterocycles. The van der Waals surface area contributed by atoms with Gasteiger partial charge in [-0.1, -0.05) is 13.8 Å². The van der Waals surface area contributed by atoms with E-state index in [4.69, 9.17) is 9.97 Å². The standard InChI is InChI=1S/C15H19N3S/c1-10(2)7-14-17-13-3-5-16-8-12(13)15(18-14)11-4-6-19-9-11/h4,6,9-10,16H,3,5,7-8H2,1-2H3. The molecule has 100 valence electrons. The smallest absolute Gasteiger partial charge is 0.129 e. The second-order valence-corrected chi connectivity index (χ2v) is 6.23. The Hall–Kier alpha value is -1.26. The fourth-order valence-electron chi connectivity index (χ4n) is 2.49. The summed E-state index contributed by atoms with van der Waals surface area (Å²) in [6, 6.07) is 2.15. The number of hydrogen-bond acceptors (Lipinski definition) is 4. The molecule has 0 aromatic carbocycles. The average Bonchev–Trinajstić information content (AvgIpc) is 2.90. The van der Waals surface area contributed by atoms with Crippen LogP contribution in [0.25, 0.3) is 11.3 Å². The number of nitrogens with zero attached hydrogens (tertiary/aromatic N) is 2. The average molecular weight is 273 g/mol. The van der Waals surface area contributed by atoms with Gasteiger partial charge in [0.25, 0.3) is 0 Å². The van der Waals surface area contributed by atoms with Crippen LogP contribution in [0.4, 0.5) is 0 Å². The summed E-state index contributed by atoms with van der Waals surface area (Å²) in [7, 11) is 0. The van der Waals surface area contributed by atoms with Gasteiger partial charge in [-0.25, -0.2) is 9.97 Å². The van der Waals surface area contributed by atoms with E-state index in [9.17, 15) is 0 Å². The van der Waals surface area contributed by atoms with E-state index in [1.54, 1.807) is 11.3 Å². The van der Waals surface area contributed by atoms with Crippen molar-refractivity contribution < 1.29 is 0 Å². The van der Waals surface area contributed by atoms with Gasteiger partial charge in [0.2, 0.25) is 0 Å². The Bertz CT molecular complexity index is 561. The van der Waals surface area contributed by atoms with E-state index in [1.165, 1.54) is 16.8 Å². The maximum Gasteiger partial charge on any atom is 0.129 e. The Morgan fingerprint density at radius 1 is 1.37 bits per heavy atom. The van der Waals surface area contributed by atoms with Gasteiger partial charge in [-0.05, 0) is 17.4 Å². The Kier molecular flexibility index (Phi) is 3.62. The van der Waals surface area contributed by atoms with Crippen LogP contribution in [0, 0.1) is 5.92 Å². The molecule has 0 saturated carbocycles. The summed E-state index contributed by atoms with van der Waals surface area (Å²) in [5, 5.41) is 7.72. The van der Waals surface area contributed by atoms with Gasteiger partial charge in [0.15, 0.2) is 0 Å². The van der Waals surface area contributed by atoms with E-state index < -0.39 is 0 Å². The SMILES string of the molecule is CC(C)Cc1nc2c(c(-c3ccsc3)n1)CNCC2. The molecule has 0 spiro atoms. The van der Waals surface area contributed by atoms with Gasteiger partial charge >= 0.3 is 0 Å². The van der Waals surface area contributed by atoms with Crippen LogP contribution in [0.3, 0.4) is 0 Å². The predicted octanol–water partition coefficient (Wildman–Crippen LogP) is 3.05. The van der Waals surface area contributed by atoms with Crippen molar-refractivity contribution in [2.45, 2.75) is 33.2 Å². The maximum atomic E-state index is 4.82. The third-order valence-electron chi connectivity index (χ3n) is 3.36. The molecule has 0 unspecified atom stereocenters. The lowest BCUT2D eigenvalue weighted by atomic mass is 10.0. The highest BCUT2D eigenvalue weighted by Crippen LogP contribution is 2.27. The molecular formula is C15H19N3S. The number of rotatable bonds is 3. The second kappa shape index (κ2) is 5.39. The summed E-state index contributed by atoms with van der Waals surface area (Å²) in [5.74, 6) is 1.59. The van der Waals surface area contributed by atoms with Crippen LogP contribution < -0.4 is 5.32 Å².